The molecule has 0 spiro atoms. The van der Waals surface area contributed by atoms with E-state index in [9.17, 15) is 0 Å². The first-order valence-corrected chi connectivity index (χ1v) is 6.41. The predicted molar refractivity (Wildman–Crippen MR) is 80.9 cm³/mol. The van der Waals surface area contributed by atoms with E-state index in [1.807, 2.05) is 12.3 Å². The molecule has 0 unspecified atom stereocenters. The topological polar surface area (TPSA) is 24.9 Å². The number of pyridine rings is 1. The molecule has 19 heavy (non-hydrogen) atoms. The maximum absolute atomic E-state index is 4.46. The molecule has 0 aliphatic rings. The third-order valence-electron chi connectivity index (χ3n) is 3.13. The molecule has 3 rings (SSSR count). The fourth-order valence-corrected chi connectivity index (χ4v) is 2.41. The number of nitrogens with zero attached hydrogens (tertiary/aromatic N) is 1. The van der Waals surface area contributed by atoms with Crippen LogP contribution >= 0.6 is 0 Å². The Hall–Kier alpha value is -2.35. The molecule has 0 aliphatic heterocycles. The molecular weight excluding hydrogens is 232 g/mol. The van der Waals surface area contributed by atoms with Gasteiger partial charge in [-0.1, -0.05) is 24.3 Å². The van der Waals surface area contributed by atoms with Gasteiger partial charge in [-0.2, -0.15) is 0 Å². The quantitative estimate of drug-likeness (QED) is 0.717. The molecule has 2 aromatic carbocycles. The molecule has 94 valence electrons. The largest absolute Gasteiger partial charge is 0.354 e. The van der Waals surface area contributed by atoms with Gasteiger partial charge in [-0.25, -0.2) is 0 Å². The van der Waals surface area contributed by atoms with E-state index in [2.05, 4.69) is 66.6 Å². The summed E-state index contributed by atoms with van der Waals surface area (Å²) >= 11 is 0. The van der Waals surface area contributed by atoms with E-state index in [1.54, 1.807) is 0 Å². The van der Waals surface area contributed by atoms with Gasteiger partial charge in [-0.3, -0.25) is 4.98 Å². The lowest BCUT2D eigenvalue weighted by Crippen LogP contribution is -1.94. The molecule has 0 saturated carbocycles. The molecule has 0 aliphatic carbocycles. The summed E-state index contributed by atoms with van der Waals surface area (Å²) in [6.45, 7) is 4.22. The summed E-state index contributed by atoms with van der Waals surface area (Å²) in [6.07, 6.45) is 1.83. The van der Waals surface area contributed by atoms with Crippen molar-refractivity contribution in [3.63, 3.8) is 0 Å². The molecule has 0 atom stereocenters. The Kier molecular flexibility index (Phi) is 2.92. The van der Waals surface area contributed by atoms with Gasteiger partial charge in [0.25, 0.3) is 0 Å². The minimum absolute atomic E-state index is 1.00. The number of hydrogen-bond acceptors (Lipinski definition) is 2. The Morgan fingerprint density at radius 2 is 1.63 bits per heavy atom. The fraction of sp³-hybridized carbons (Fsp3) is 0.118. The van der Waals surface area contributed by atoms with Crippen LogP contribution in [-0.2, 0) is 0 Å². The Balaban J connectivity index is 2.05. The Bertz CT molecular complexity index is 707. The van der Waals surface area contributed by atoms with Crippen molar-refractivity contribution in [2.75, 3.05) is 5.32 Å². The van der Waals surface area contributed by atoms with Crippen molar-refractivity contribution in [2.24, 2.45) is 0 Å². The first-order chi connectivity index (χ1) is 9.22. The highest BCUT2D eigenvalue weighted by Gasteiger charge is 2.02. The van der Waals surface area contributed by atoms with Gasteiger partial charge in [0.1, 0.15) is 0 Å². The van der Waals surface area contributed by atoms with Crippen molar-refractivity contribution < 1.29 is 0 Å². The number of aromatic nitrogens is 1. The van der Waals surface area contributed by atoms with Crippen LogP contribution in [0.15, 0.2) is 54.7 Å². The van der Waals surface area contributed by atoms with Crippen LogP contribution in [0.3, 0.4) is 0 Å². The average Bonchev–Trinajstić information content (AvgIpc) is 2.38. The second kappa shape index (κ2) is 4.73. The number of aryl methyl sites for hydroxylation is 2. The molecule has 0 saturated heterocycles. The molecule has 2 heteroatoms. The number of fused-ring (bicyclic) bond motifs is 1. The standard InChI is InChI=1S/C17H16N2/c1-12-9-13(2)11-15(10-12)19-16-7-3-5-14-6-4-8-18-17(14)16/h3-11,19H,1-2H3. The van der Waals surface area contributed by atoms with Crippen molar-refractivity contribution in [1.82, 2.24) is 4.98 Å². The fourth-order valence-electron chi connectivity index (χ4n) is 2.41. The van der Waals surface area contributed by atoms with Crippen molar-refractivity contribution >= 4 is 22.3 Å². The van der Waals surface area contributed by atoms with Crippen molar-refractivity contribution in [3.8, 4) is 0 Å². The van der Waals surface area contributed by atoms with Gasteiger partial charge in [0.05, 0.1) is 11.2 Å². The number of rotatable bonds is 2. The van der Waals surface area contributed by atoms with Gasteiger partial charge in [0, 0.05) is 17.3 Å². The number of para-hydroxylation sites is 1. The summed E-state index contributed by atoms with van der Waals surface area (Å²) in [4.78, 5) is 4.46. The Labute approximate surface area is 113 Å². The van der Waals surface area contributed by atoms with E-state index in [0.29, 0.717) is 0 Å². The summed E-state index contributed by atoms with van der Waals surface area (Å²) in [7, 11) is 0. The van der Waals surface area contributed by atoms with Gasteiger partial charge >= 0.3 is 0 Å². The zero-order valence-corrected chi connectivity index (χ0v) is 11.1. The zero-order valence-electron chi connectivity index (χ0n) is 11.1. The minimum Gasteiger partial charge on any atom is -0.354 e. The Morgan fingerprint density at radius 1 is 0.895 bits per heavy atom. The monoisotopic (exact) mass is 248 g/mol. The van der Waals surface area contributed by atoms with Crippen LogP contribution in [0.5, 0.6) is 0 Å². The molecule has 0 fully saturated rings. The van der Waals surface area contributed by atoms with Crippen LogP contribution in [0.1, 0.15) is 11.1 Å². The van der Waals surface area contributed by atoms with Gasteiger partial charge in [0.2, 0.25) is 0 Å². The lowest BCUT2D eigenvalue weighted by atomic mass is 10.1. The summed E-state index contributed by atoms with van der Waals surface area (Å²) < 4.78 is 0. The van der Waals surface area contributed by atoms with Crippen LogP contribution < -0.4 is 5.32 Å². The van der Waals surface area contributed by atoms with E-state index in [4.69, 9.17) is 0 Å². The van der Waals surface area contributed by atoms with Crippen LogP contribution in [0.4, 0.5) is 11.4 Å². The summed E-state index contributed by atoms with van der Waals surface area (Å²) in [5.41, 5.74) is 5.68. The first kappa shape index (κ1) is 11.7. The molecule has 3 aromatic rings. The van der Waals surface area contributed by atoms with E-state index >= 15 is 0 Å². The highest BCUT2D eigenvalue weighted by atomic mass is 14.9. The van der Waals surface area contributed by atoms with Gasteiger partial charge < -0.3 is 5.32 Å². The van der Waals surface area contributed by atoms with Crippen LogP contribution in [0.25, 0.3) is 10.9 Å². The van der Waals surface area contributed by atoms with Crippen LogP contribution in [-0.4, -0.2) is 4.98 Å². The number of nitrogens with one attached hydrogen (secondary N) is 1. The molecule has 1 heterocycles. The number of anilines is 2. The number of benzene rings is 2. The van der Waals surface area contributed by atoms with Crippen LogP contribution in [0, 0.1) is 13.8 Å². The number of hydrogen-bond donors (Lipinski definition) is 1. The summed E-state index contributed by atoms with van der Waals surface area (Å²) in [6, 6.07) is 16.7. The van der Waals surface area contributed by atoms with E-state index in [1.165, 1.54) is 11.1 Å². The Morgan fingerprint density at radius 3 is 2.42 bits per heavy atom. The predicted octanol–water partition coefficient (Wildman–Crippen LogP) is 4.60. The highest BCUT2D eigenvalue weighted by molar-refractivity contribution is 5.91. The van der Waals surface area contributed by atoms with Crippen LogP contribution in [0.2, 0.25) is 0 Å². The molecule has 0 bridgehead atoms. The van der Waals surface area contributed by atoms with Crippen molar-refractivity contribution in [2.45, 2.75) is 13.8 Å². The molecule has 0 amide bonds. The molecule has 2 nitrogen and oxygen atoms in total. The molecular formula is C17H16N2. The molecule has 1 aromatic heterocycles. The lowest BCUT2D eigenvalue weighted by Gasteiger charge is -2.10. The zero-order chi connectivity index (χ0) is 13.2. The third-order valence-corrected chi connectivity index (χ3v) is 3.13. The third kappa shape index (κ3) is 2.43. The summed E-state index contributed by atoms with van der Waals surface area (Å²) in [5.74, 6) is 0. The smallest absolute Gasteiger partial charge is 0.0936 e. The van der Waals surface area contributed by atoms with Crippen molar-refractivity contribution in [1.29, 1.82) is 0 Å². The van der Waals surface area contributed by atoms with Gasteiger partial charge in [-0.15, -0.1) is 0 Å². The minimum atomic E-state index is 1.00. The van der Waals surface area contributed by atoms with E-state index in [0.717, 1.165) is 22.3 Å². The second-order valence-corrected chi connectivity index (χ2v) is 4.88. The molecule has 1 N–H and O–H groups in total. The van der Waals surface area contributed by atoms with E-state index < -0.39 is 0 Å². The molecule has 0 radical (unpaired) electrons. The average molecular weight is 248 g/mol. The second-order valence-electron chi connectivity index (χ2n) is 4.88. The van der Waals surface area contributed by atoms with Gasteiger partial charge in [-0.05, 0) is 49.2 Å². The van der Waals surface area contributed by atoms with Crippen molar-refractivity contribution in [3.05, 3.63) is 65.9 Å². The maximum atomic E-state index is 4.46. The normalized spacial score (nSPS) is 10.6. The maximum Gasteiger partial charge on any atom is 0.0936 e. The summed E-state index contributed by atoms with van der Waals surface area (Å²) in [5, 5.41) is 4.62. The first-order valence-electron chi connectivity index (χ1n) is 6.41. The van der Waals surface area contributed by atoms with E-state index in [-0.39, 0.29) is 0 Å². The van der Waals surface area contributed by atoms with Gasteiger partial charge in [0.15, 0.2) is 0 Å². The lowest BCUT2D eigenvalue weighted by molar-refractivity contribution is 1.37. The highest BCUT2D eigenvalue weighted by Crippen LogP contribution is 2.25. The SMILES string of the molecule is Cc1cc(C)cc(Nc2cccc3cccnc23)c1.